The molecule has 0 radical (unpaired) electrons. The van der Waals surface area contributed by atoms with Crippen LogP contribution < -0.4 is 0 Å². The lowest BCUT2D eigenvalue weighted by Crippen LogP contribution is -2.34. The summed E-state index contributed by atoms with van der Waals surface area (Å²) in [4.78, 5) is 10.1. The van der Waals surface area contributed by atoms with Crippen molar-refractivity contribution in [2.75, 3.05) is 19.7 Å². The van der Waals surface area contributed by atoms with Gasteiger partial charge in [0, 0.05) is 25.2 Å². The molecule has 0 atom stereocenters. The van der Waals surface area contributed by atoms with Gasteiger partial charge in [0.2, 0.25) is 10.0 Å². The number of aliphatic hydroxyl groups excluding tert-OH is 1. The highest BCUT2D eigenvalue weighted by Gasteiger charge is 2.26. The van der Waals surface area contributed by atoms with E-state index in [9.17, 15) is 18.5 Å². The minimum absolute atomic E-state index is 0.00655. The molecule has 0 heterocycles. The lowest BCUT2D eigenvalue weighted by Gasteiger charge is -2.21. The Hall–Kier alpha value is -1.51. The van der Waals surface area contributed by atoms with E-state index in [0.29, 0.717) is 18.5 Å². The molecule has 0 fully saturated rings. The minimum atomic E-state index is -3.75. The fourth-order valence-corrected chi connectivity index (χ4v) is 3.62. The zero-order valence-electron chi connectivity index (χ0n) is 11.4. The highest BCUT2D eigenvalue weighted by atomic mass is 32.2. The molecule has 20 heavy (non-hydrogen) atoms. The van der Waals surface area contributed by atoms with Crippen molar-refractivity contribution in [1.82, 2.24) is 4.31 Å². The second-order valence-electron chi connectivity index (χ2n) is 4.33. The third-order valence-electron chi connectivity index (χ3n) is 2.81. The topological polar surface area (TPSA) is 101 Å². The standard InChI is InChI=1S/C12H18N2O5S/c1-3-6-13(7-8-15)20(18,19)12-5-4-11(14(16)17)9-10(12)2/h4-5,9,15H,3,6-8H2,1-2H3. The molecule has 1 aromatic rings. The van der Waals surface area contributed by atoms with E-state index >= 15 is 0 Å². The number of nitrogens with zero attached hydrogens (tertiary/aromatic N) is 2. The summed E-state index contributed by atoms with van der Waals surface area (Å²) in [7, 11) is -3.75. The molecule has 0 unspecified atom stereocenters. The highest BCUT2D eigenvalue weighted by Crippen LogP contribution is 2.24. The van der Waals surface area contributed by atoms with Crippen LogP contribution in [-0.2, 0) is 10.0 Å². The first-order valence-electron chi connectivity index (χ1n) is 6.20. The molecular weight excluding hydrogens is 284 g/mol. The van der Waals surface area contributed by atoms with Gasteiger partial charge in [-0.15, -0.1) is 0 Å². The van der Waals surface area contributed by atoms with Gasteiger partial charge in [0.05, 0.1) is 16.4 Å². The summed E-state index contributed by atoms with van der Waals surface area (Å²) >= 11 is 0. The predicted molar refractivity (Wildman–Crippen MR) is 74.0 cm³/mol. The number of hydrogen-bond donors (Lipinski definition) is 1. The van der Waals surface area contributed by atoms with Gasteiger partial charge in [-0.2, -0.15) is 4.31 Å². The van der Waals surface area contributed by atoms with Gasteiger partial charge < -0.3 is 5.11 Å². The lowest BCUT2D eigenvalue weighted by molar-refractivity contribution is -0.385. The molecule has 0 saturated heterocycles. The lowest BCUT2D eigenvalue weighted by atomic mass is 10.2. The number of aliphatic hydroxyl groups is 1. The number of rotatable bonds is 7. The van der Waals surface area contributed by atoms with Crippen molar-refractivity contribution in [3.8, 4) is 0 Å². The van der Waals surface area contributed by atoms with Crippen LogP contribution in [0, 0.1) is 17.0 Å². The first kappa shape index (κ1) is 16.5. The summed E-state index contributed by atoms with van der Waals surface area (Å²) in [5.74, 6) is 0. The molecule has 1 aromatic carbocycles. The molecule has 0 bridgehead atoms. The number of hydrogen-bond acceptors (Lipinski definition) is 5. The number of nitro benzene ring substituents is 1. The average Bonchev–Trinajstić information content (AvgIpc) is 2.37. The van der Waals surface area contributed by atoms with Crippen LogP contribution in [0.2, 0.25) is 0 Å². The normalized spacial score (nSPS) is 11.8. The monoisotopic (exact) mass is 302 g/mol. The average molecular weight is 302 g/mol. The Balaban J connectivity index is 3.23. The van der Waals surface area contributed by atoms with Gasteiger partial charge in [0.1, 0.15) is 0 Å². The van der Waals surface area contributed by atoms with Gasteiger partial charge in [-0.05, 0) is 25.0 Å². The molecule has 0 aliphatic rings. The van der Waals surface area contributed by atoms with Crippen molar-refractivity contribution in [2.24, 2.45) is 0 Å². The van der Waals surface area contributed by atoms with E-state index in [1.165, 1.54) is 29.4 Å². The van der Waals surface area contributed by atoms with E-state index in [4.69, 9.17) is 5.11 Å². The van der Waals surface area contributed by atoms with Gasteiger partial charge in [0.25, 0.3) is 5.69 Å². The van der Waals surface area contributed by atoms with Crippen LogP contribution in [0.5, 0.6) is 0 Å². The summed E-state index contributed by atoms with van der Waals surface area (Å²) in [5.41, 5.74) is 0.170. The van der Waals surface area contributed by atoms with E-state index in [1.54, 1.807) is 0 Å². The molecule has 7 nitrogen and oxygen atoms in total. The van der Waals surface area contributed by atoms with Crippen molar-refractivity contribution in [1.29, 1.82) is 0 Å². The van der Waals surface area contributed by atoms with Crippen LogP contribution in [0.1, 0.15) is 18.9 Å². The Labute approximate surface area is 118 Å². The summed E-state index contributed by atoms with van der Waals surface area (Å²) in [6.45, 7) is 3.38. The van der Waals surface area contributed by atoms with Gasteiger partial charge in [-0.3, -0.25) is 10.1 Å². The second-order valence-corrected chi connectivity index (χ2v) is 6.24. The van der Waals surface area contributed by atoms with Gasteiger partial charge in [0.15, 0.2) is 0 Å². The summed E-state index contributed by atoms with van der Waals surface area (Å²) in [6, 6.07) is 3.64. The first-order valence-corrected chi connectivity index (χ1v) is 7.64. The Morgan fingerprint density at radius 1 is 1.35 bits per heavy atom. The molecule has 0 aliphatic carbocycles. The van der Waals surface area contributed by atoms with Crippen molar-refractivity contribution in [3.63, 3.8) is 0 Å². The Kier molecular flexibility index (Phi) is 5.61. The van der Waals surface area contributed by atoms with Crippen molar-refractivity contribution >= 4 is 15.7 Å². The number of aryl methyl sites for hydroxylation is 1. The van der Waals surface area contributed by atoms with Crippen LogP contribution in [0.15, 0.2) is 23.1 Å². The largest absolute Gasteiger partial charge is 0.395 e. The van der Waals surface area contributed by atoms with Gasteiger partial charge in [-0.25, -0.2) is 8.42 Å². The van der Waals surface area contributed by atoms with E-state index in [2.05, 4.69) is 0 Å². The Morgan fingerprint density at radius 2 is 2.00 bits per heavy atom. The minimum Gasteiger partial charge on any atom is -0.395 e. The molecule has 0 spiro atoms. The van der Waals surface area contributed by atoms with E-state index < -0.39 is 14.9 Å². The molecule has 1 N–H and O–H groups in total. The van der Waals surface area contributed by atoms with Crippen LogP contribution in [0.4, 0.5) is 5.69 Å². The molecule has 0 saturated carbocycles. The van der Waals surface area contributed by atoms with Gasteiger partial charge in [-0.1, -0.05) is 6.92 Å². The number of non-ortho nitro benzene ring substituents is 1. The molecule has 8 heteroatoms. The zero-order chi connectivity index (χ0) is 15.3. The maximum Gasteiger partial charge on any atom is 0.269 e. The third kappa shape index (κ3) is 3.53. The number of nitro groups is 1. The summed E-state index contributed by atoms with van der Waals surface area (Å²) in [5, 5.41) is 19.6. The van der Waals surface area contributed by atoms with Crippen molar-refractivity contribution < 1.29 is 18.4 Å². The van der Waals surface area contributed by atoms with Crippen LogP contribution in [0.3, 0.4) is 0 Å². The third-order valence-corrected chi connectivity index (χ3v) is 4.87. The fraction of sp³-hybridized carbons (Fsp3) is 0.500. The molecule has 0 aromatic heterocycles. The predicted octanol–water partition coefficient (Wildman–Crippen LogP) is 1.30. The maximum atomic E-state index is 12.5. The fourth-order valence-electron chi connectivity index (χ4n) is 1.89. The van der Waals surface area contributed by atoms with Crippen LogP contribution in [0.25, 0.3) is 0 Å². The van der Waals surface area contributed by atoms with Gasteiger partial charge >= 0.3 is 0 Å². The van der Waals surface area contributed by atoms with Crippen molar-refractivity contribution in [2.45, 2.75) is 25.2 Å². The molecule has 0 amide bonds. The first-order chi connectivity index (χ1) is 9.34. The molecule has 1 rings (SSSR count). The maximum absolute atomic E-state index is 12.5. The summed E-state index contributed by atoms with van der Waals surface area (Å²) < 4.78 is 26.1. The molecule has 112 valence electrons. The van der Waals surface area contributed by atoms with E-state index in [-0.39, 0.29) is 23.7 Å². The quantitative estimate of drug-likeness (QED) is 0.604. The Bertz CT molecular complexity index is 580. The molecular formula is C12H18N2O5S. The van der Waals surface area contributed by atoms with E-state index in [1.807, 2.05) is 6.92 Å². The van der Waals surface area contributed by atoms with Crippen LogP contribution >= 0.6 is 0 Å². The number of sulfonamides is 1. The van der Waals surface area contributed by atoms with Crippen molar-refractivity contribution in [3.05, 3.63) is 33.9 Å². The Morgan fingerprint density at radius 3 is 2.45 bits per heavy atom. The highest BCUT2D eigenvalue weighted by molar-refractivity contribution is 7.89. The smallest absolute Gasteiger partial charge is 0.269 e. The van der Waals surface area contributed by atoms with E-state index in [0.717, 1.165) is 0 Å². The van der Waals surface area contributed by atoms with Crippen LogP contribution in [-0.4, -0.2) is 42.4 Å². The second kappa shape index (κ2) is 6.78. The summed E-state index contributed by atoms with van der Waals surface area (Å²) in [6.07, 6.45) is 0.616. The number of benzene rings is 1. The SMILES string of the molecule is CCCN(CCO)S(=O)(=O)c1ccc([N+](=O)[O-])cc1C. The molecule has 0 aliphatic heterocycles. The zero-order valence-corrected chi connectivity index (χ0v) is 12.3.